The fourth-order valence-electron chi connectivity index (χ4n) is 1.22. The molecule has 1 unspecified atom stereocenters. The predicted molar refractivity (Wildman–Crippen MR) is 67.7 cm³/mol. The van der Waals surface area contributed by atoms with E-state index < -0.39 is 0 Å². The van der Waals surface area contributed by atoms with Gasteiger partial charge in [0.2, 0.25) is 0 Å². The van der Waals surface area contributed by atoms with Crippen LogP contribution in [0.3, 0.4) is 0 Å². The average Bonchev–Trinajstić information content (AvgIpc) is 2.28. The van der Waals surface area contributed by atoms with Crippen LogP contribution in [0.4, 0.5) is 5.69 Å². The Labute approximate surface area is 101 Å². The summed E-state index contributed by atoms with van der Waals surface area (Å²) in [5, 5.41) is 3.27. The summed E-state index contributed by atoms with van der Waals surface area (Å²) in [5.41, 5.74) is 6.58. The fourth-order valence-corrected chi connectivity index (χ4v) is 1.43. The van der Waals surface area contributed by atoms with Crippen LogP contribution in [0.25, 0.3) is 0 Å². The Morgan fingerprint density at radius 1 is 1.56 bits per heavy atom. The van der Waals surface area contributed by atoms with Gasteiger partial charge in [-0.25, -0.2) is 0 Å². The lowest BCUT2D eigenvalue weighted by Gasteiger charge is -2.11. The zero-order valence-corrected chi connectivity index (χ0v) is 10.3. The Bertz CT molecular complexity index is 379. The van der Waals surface area contributed by atoms with E-state index in [0.29, 0.717) is 28.7 Å². The maximum Gasteiger partial charge on any atom is 0.252 e. The number of amides is 1. The highest BCUT2D eigenvalue weighted by molar-refractivity contribution is 6.34. The van der Waals surface area contributed by atoms with Crippen LogP contribution in [0.2, 0.25) is 5.02 Å². The summed E-state index contributed by atoms with van der Waals surface area (Å²) >= 11 is 5.92. The molecule has 1 aromatic carbocycles. The molecule has 3 N–H and O–H groups in total. The third-order valence-corrected chi connectivity index (χ3v) is 2.87. The molecule has 1 aromatic rings. The number of hydrogen-bond donors (Lipinski definition) is 2. The van der Waals surface area contributed by atoms with Gasteiger partial charge in [-0.1, -0.05) is 31.9 Å². The van der Waals surface area contributed by atoms with Crippen LogP contribution in [-0.2, 0) is 0 Å². The Kier molecular flexibility index (Phi) is 4.62. The standard InChI is InChI=1S/C12H17ClN2O/c1-3-8(2)7-15-12(16)10-6-9(14)4-5-11(10)13/h4-6,8H,3,7,14H2,1-2H3,(H,15,16). The fraction of sp³-hybridized carbons (Fsp3) is 0.417. The lowest BCUT2D eigenvalue weighted by molar-refractivity contribution is 0.0948. The molecule has 0 bridgehead atoms. The molecule has 16 heavy (non-hydrogen) atoms. The molecule has 0 spiro atoms. The van der Waals surface area contributed by atoms with E-state index in [-0.39, 0.29) is 5.91 Å². The summed E-state index contributed by atoms with van der Waals surface area (Å²) < 4.78 is 0. The summed E-state index contributed by atoms with van der Waals surface area (Å²) in [6, 6.07) is 4.90. The molecule has 1 amide bonds. The third-order valence-electron chi connectivity index (χ3n) is 2.54. The highest BCUT2D eigenvalue weighted by atomic mass is 35.5. The monoisotopic (exact) mass is 240 g/mol. The first-order chi connectivity index (χ1) is 7.54. The van der Waals surface area contributed by atoms with Crippen molar-refractivity contribution in [1.82, 2.24) is 5.32 Å². The van der Waals surface area contributed by atoms with E-state index in [1.165, 1.54) is 0 Å². The smallest absolute Gasteiger partial charge is 0.252 e. The molecule has 0 heterocycles. The quantitative estimate of drug-likeness (QED) is 0.795. The summed E-state index contributed by atoms with van der Waals surface area (Å²) in [7, 11) is 0. The lowest BCUT2D eigenvalue weighted by Crippen LogP contribution is -2.28. The number of carbonyl (C=O) groups is 1. The molecule has 0 aliphatic heterocycles. The van der Waals surface area contributed by atoms with E-state index in [0.717, 1.165) is 6.42 Å². The molecule has 0 aliphatic rings. The minimum Gasteiger partial charge on any atom is -0.399 e. The molecule has 4 heteroatoms. The molecule has 1 atom stereocenters. The summed E-state index contributed by atoms with van der Waals surface area (Å²) in [6.45, 7) is 4.83. The van der Waals surface area contributed by atoms with Gasteiger partial charge in [-0.3, -0.25) is 4.79 Å². The zero-order chi connectivity index (χ0) is 12.1. The number of benzene rings is 1. The van der Waals surface area contributed by atoms with Gasteiger partial charge in [-0.05, 0) is 24.1 Å². The van der Waals surface area contributed by atoms with Gasteiger partial charge in [0.15, 0.2) is 0 Å². The van der Waals surface area contributed by atoms with Crippen molar-refractivity contribution in [1.29, 1.82) is 0 Å². The summed E-state index contributed by atoms with van der Waals surface area (Å²) in [5.74, 6) is 0.293. The number of halogens is 1. The molecule has 0 radical (unpaired) electrons. The van der Waals surface area contributed by atoms with Gasteiger partial charge < -0.3 is 11.1 Å². The van der Waals surface area contributed by atoms with Crippen LogP contribution in [0, 0.1) is 5.92 Å². The Morgan fingerprint density at radius 2 is 2.25 bits per heavy atom. The van der Waals surface area contributed by atoms with Gasteiger partial charge in [0.1, 0.15) is 0 Å². The molecule has 1 rings (SSSR count). The van der Waals surface area contributed by atoms with Crippen LogP contribution in [0.5, 0.6) is 0 Å². The maximum absolute atomic E-state index is 11.8. The number of rotatable bonds is 4. The predicted octanol–water partition coefficient (Wildman–Crippen LogP) is 2.70. The van der Waals surface area contributed by atoms with Crippen molar-refractivity contribution < 1.29 is 4.79 Å². The molecular weight excluding hydrogens is 224 g/mol. The minimum atomic E-state index is -0.169. The number of nitrogen functional groups attached to an aromatic ring is 1. The molecule has 0 aromatic heterocycles. The van der Waals surface area contributed by atoms with Gasteiger partial charge in [0.05, 0.1) is 10.6 Å². The normalized spacial score (nSPS) is 12.2. The lowest BCUT2D eigenvalue weighted by atomic mass is 10.1. The molecule has 0 fully saturated rings. The van der Waals surface area contributed by atoms with Crippen molar-refractivity contribution in [3.63, 3.8) is 0 Å². The second kappa shape index (κ2) is 5.75. The number of hydrogen-bond acceptors (Lipinski definition) is 2. The van der Waals surface area contributed by atoms with Crippen LogP contribution in [0.15, 0.2) is 18.2 Å². The van der Waals surface area contributed by atoms with Gasteiger partial charge in [0, 0.05) is 12.2 Å². The topological polar surface area (TPSA) is 55.1 Å². The van der Waals surface area contributed by atoms with Crippen LogP contribution in [0.1, 0.15) is 30.6 Å². The van der Waals surface area contributed by atoms with Crippen LogP contribution in [-0.4, -0.2) is 12.5 Å². The molecular formula is C12H17ClN2O. The van der Waals surface area contributed by atoms with Gasteiger partial charge >= 0.3 is 0 Å². The Balaban J connectivity index is 2.69. The van der Waals surface area contributed by atoms with E-state index in [9.17, 15) is 4.79 Å². The Morgan fingerprint density at radius 3 is 2.88 bits per heavy atom. The zero-order valence-electron chi connectivity index (χ0n) is 9.59. The van der Waals surface area contributed by atoms with Crippen LogP contribution >= 0.6 is 11.6 Å². The average molecular weight is 241 g/mol. The first-order valence-electron chi connectivity index (χ1n) is 5.37. The Hall–Kier alpha value is -1.22. The molecule has 88 valence electrons. The van der Waals surface area contributed by atoms with Crippen molar-refractivity contribution in [2.45, 2.75) is 20.3 Å². The molecule has 0 aliphatic carbocycles. The van der Waals surface area contributed by atoms with E-state index in [1.807, 2.05) is 0 Å². The first kappa shape index (κ1) is 12.8. The van der Waals surface area contributed by atoms with Crippen LogP contribution < -0.4 is 11.1 Å². The number of nitrogens with one attached hydrogen (secondary N) is 1. The largest absolute Gasteiger partial charge is 0.399 e. The van der Waals surface area contributed by atoms with Gasteiger partial charge in [-0.2, -0.15) is 0 Å². The van der Waals surface area contributed by atoms with Crippen molar-refractivity contribution in [2.24, 2.45) is 5.92 Å². The second-order valence-corrected chi connectivity index (χ2v) is 4.37. The van der Waals surface area contributed by atoms with Crippen molar-refractivity contribution in [2.75, 3.05) is 12.3 Å². The van der Waals surface area contributed by atoms with Crippen molar-refractivity contribution >= 4 is 23.2 Å². The summed E-state index contributed by atoms with van der Waals surface area (Å²) in [6.07, 6.45) is 1.03. The molecule has 3 nitrogen and oxygen atoms in total. The van der Waals surface area contributed by atoms with Gasteiger partial charge in [-0.15, -0.1) is 0 Å². The molecule has 0 saturated carbocycles. The van der Waals surface area contributed by atoms with Crippen molar-refractivity contribution in [3.05, 3.63) is 28.8 Å². The second-order valence-electron chi connectivity index (χ2n) is 3.96. The SMILES string of the molecule is CCC(C)CNC(=O)c1cc(N)ccc1Cl. The number of carbonyl (C=O) groups excluding carboxylic acids is 1. The van der Waals surface area contributed by atoms with E-state index >= 15 is 0 Å². The highest BCUT2D eigenvalue weighted by Gasteiger charge is 2.11. The number of nitrogens with two attached hydrogens (primary N) is 1. The minimum absolute atomic E-state index is 0.169. The first-order valence-corrected chi connectivity index (χ1v) is 5.75. The highest BCUT2D eigenvalue weighted by Crippen LogP contribution is 2.18. The van der Waals surface area contributed by atoms with E-state index in [1.54, 1.807) is 18.2 Å². The third kappa shape index (κ3) is 3.42. The summed E-state index contributed by atoms with van der Waals surface area (Å²) in [4.78, 5) is 11.8. The molecule has 0 saturated heterocycles. The van der Waals surface area contributed by atoms with Crippen molar-refractivity contribution in [3.8, 4) is 0 Å². The van der Waals surface area contributed by atoms with E-state index in [4.69, 9.17) is 17.3 Å². The maximum atomic E-state index is 11.8. The van der Waals surface area contributed by atoms with E-state index in [2.05, 4.69) is 19.2 Å². The number of anilines is 1. The van der Waals surface area contributed by atoms with Gasteiger partial charge in [0.25, 0.3) is 5.91 Å².